The van der Waals surface area contributed by atoms with Gasteiger partial charge in [-0.1, -0.05) is 12.8 Å². The Morgan fingerprint density at radius 1 is 1.36 bits per heavy atom. The number of likely N-dealkylation sites (tertiary alicyclic amines) is 1. The second-order valence-corrected chi connectivity index (χ2v) is 4.09. The maximum atomic E-state index is 5.98. The molecule has 11 heavy (non-hydrogen) atoms. The summed E-state index contributed by atoms with van der Waals surface area (Å²) in [6.45, 7) is 3.73. The second kappa shape index (κ2) is 3.11. The topological polar surface area (TPSA) is 29.3 Å². The van der Waals surface area contributed by atoms with Crippen LogP contribution in [-0.4, -0.2) is 30.6 Å². The van der Waals surface area contributed by atoms with Crippen LogP contribution in [0.2, 0.25) is 0 Å². The second-order valence-electron chi connectivity index (χ2n) is 4.09. The standard InChI is InChI=1S/C9H18N2/c10-9(6-8-2-3-8)7-11-4-1-5-11/h8-9H,1-7,10H2. The van der Waals surface area contributed by atoms with Gasteiger partial charge in [0, 0.05) is 12.6 Å². The Labute approximate surface area is 68.7 Å². The van der Waals surface area contributed by atoms with Gasteiger partial charge in [-0.3, -0.25) is 0 Å². The van der Waals surface area contributed by atoms with E-state index >= 15 is 0 Å². The predicted molar refractivity (Wildman–Crippen MR) is 46.4 cm³/mol. The molecule has 0 aromatic rings. The summed E-state index contributed by atoms with van der Waals surface area (Å²) in [4.78, 5) is 2.47. The van der Waals surface area contributed by atoms with Crippen molar-refractivity contribution in [3.8, 4) is 0 Å². The molecule has 1 atom stereocenters. The molecule has 2 nitrogen and oxygen atoms in total. The minimum absolute atomic E-state index is 0.461. The lowest BCUT2D eigenvalue weighted by molar-refractivity contribution is 0.167. The Morgan fingerprint density at radius 2 is 2.09 bits per heavy atom. The molecule has 1 unspecified atom stereocenters. The lowest BCUT2D eigenvalue weighted by Crippen LogP contribution is -2.45. The molecule has 2 fully saturated rings. The SMILES string of the molecule is NC(CC1CC1)CN1CCC1. The largest absolute Gasteiger partial charge is 0.327 e. The first-order valence-corrected chi connectivity index (χ1v) is 4.82. The van der Waals surface area contributed by atoms with Gasteiger partial charge in [-0.15, -0.1) is 0 Å². The minimum Gasteiger partial charge on any atom is -0.327 e. The fourth-order valence-corrected chi connectivity index (χ4v) is 1.75. The van der Waals surface area contributed by atoms with Crippen LogP contribution in [0.1, 0.15) is 25.7 Å². The molecule has 1 saturated heterocycles. The average molecular weight is 154 g/mol. The molecule has 2 heteroatoms. The molecule has 2 aliphatic rings. The molecule has 0 aromatic heterocycles. The summed E-state index contributed by atoms with van der Waals surface area (Å²) in [5.74, 6) is 0.992. The van der Waals surface area contributed by atoms with Crippen molar-refractivity contribution < 1.29 is 0 Å². The monoisotopic (exact) mass is 154 g/mol. The van der Waals surface area contributed by atoms with Crippen molar-refractivity contribution in [1.82, 2.24) is 4.90 Å². The van der Waals surface area contributed by atoms with Gasteiger partial charge >= 0.3 is 0 Å². The van der Waals surface area contributed by atoms with Crippen LogP contribution in [0, 0.1) is 5.92 Å². The van der Waals surface area contributed by atoms with Crippen LogP contribution in [0.3, 0.4) is 0 Å². The minimum atomic E-state index is 0.461. The van der Waals surface area contributed by atoms with Gasteiger partial charge in [-0.2, -0.15) is 0 Å². The van der Waals surface area contributed by atoms with E-state index in [1.54, 1.807) is 0 Å². The molecule has 1 aliphatic heterocycles. The Kier molecular flexibility index (Phi) is 2.14. The molecule has 1 aliphatic carbocycles. The normalized spacial score (nSPS) is 28.1. The molecular formula is C9H18N2. The maximum Gasteiger partial charge on any atom is 0.0170 e. The van der Waals surface area contributed by atoms with Crippen molar-refractivity contribution >= 4 is 0 Å². The highest BCUT2D eigenvalue weighted by atomic mass is 15.2. The van der Waals surface area contributed by atoms with E-state index in [2.05, 4.69) is 4.90 Å². The van der Waals surface area contributed by atoms with Crippen molar-refractivity contribution in [1.29, 1.82) is 0 Å². The van der Waals surface area contributed by atoms with E-state index in [1.165, 1.54) is 38.8 Å². The third-order valence-corrected chi connectivity index (χ3v) is 2.77. The number of nitrogens with zero attached hydrogens (tertiary/aromatic N) is 1. The summed E-state index contributed by atoms with van der Waals surface area (Å²) in [5, 5.41) is 0. The van der Waals surface area contributed by atoms with E-state index in [1.807, 2.05) is 0 Å². The van der Waals surface area contributed by atoms with Crippen LogP contribution in [-0.2, 0) is 0 Å². The van der Waals surface area contributed by atoms with E-state index in [9.17, 15) is 0 Å². The maximum absolute atomic E-state index is 5.98. The van der Waals surface area contributed by atoms with Gasteiger partial charge in [0.15, 0.2) is 0 Å². The smallest absolute Gasteiger partial charge is 0.0170 e. The van der Waals surface area contributed by atoms with Gasteiger partial charge in [-0.25, -0.2) is 0 Å². The highest BCUT2D eigenvalue weighted by molar-refractivity contribution is 4.81. The van der Waals surface area contributed by atoms with Crippen molar-refractivity contribution in [3.05, 3.63) is 0 Å². The van der Waals surface area contributed by atoms with Crippen molar-refractivity contribution in [2.75, 3.05) is 19.6 Å². The Balaban J connectivity index is 1.59. The molecule has 64 valence electrons. The van der Waals surface area contributed by atoms with Crippen LogP contribution in [0.5, 0.6) is 0 Å². The quantitative estimate of drug-likeness (QED) is 0.649. The van der Waals surface area contributed by atoms with Crippen molar-refractivity contribution in [3.63, 3.8) is 0 Å². The zero-order valence-electron chi connectivity index (χ0n) is 7.13. The lowest BCUT2D eigenvalue weighted by atomic mass is 10.1. The molecule has 0 bridgehead atoms. The first kappa shape index (κ1) is 7.56. The predicted octanol–water partition coefficient (Wildman–Crippen LogP) is 0.819. The first-order valence-electron chi connectivity index (χ1n) is 4.82. The van der Waals surface area contributed by atoms with Crippen LogP contribution in [0.25, 0.3) is 0 Å². The molecule has 0 aromatic carbocycles. The van der Waals surface area contributed by atoms with Crippen molar-refractivity contribution in [2.24, 2.45) is 11.7 Å². The summed E-state index contributed by atoms with van der Waals surface area (Å²) >= 11 is 0. The van der Waals surface area contributed by atoms with E-state index in [-0.39, 0.29) is 0 Å². The number of rotatable bonds is 4. The highest BCUT2D eigenvalue weighted by Crippen LogP contribution is 2.33. The van der Waals surface area contributed by atoms with Gasteiger partial charge in [-0.05, 0) is 31.8 Å². The zero-order chi connectivity index (χ0) is 7.68. The van der Waals surface area contributed by atoms with Crippen LogP contribution in [0.15, 0.2) is 0 Å². The van der Waals surface area contributed by atoms with Gasteiger partial charge in [0.2, 0.25) is 0 Å². The molecule has 0 radical (unpaired) electrons. The number of hydrogen-bond donors (Lipinski definition) is 1. The molecular weight excluding hydrogens is 136 g/mol. The summed E-state index contributed by atoms with van der Waals surface area (Å²) in [5.41, 5.74) is 5.98. The Bertz CT molecular complexity index is 128. The third kappa shape index (κ3) is 2.17. The Hall–Kier alpha value is -0.0800. The third-order valence-electron chi connectivity index (χ3n) is 2.77. The van der Waals surface area contributed by atoms with Crippen LogP contribution in [0.4, 0.5) is 0 Å². The number of nitrogens with two attached hydrogens (primary N) is 1. The molecule has 0 amide bonds. The van der Waals surface area contributed by atoms with Crippen molar-refractivity contribution in [2.45, 2.75) is 31.7 Å². The summed E-state index contributed by atoms with van der Waals surface area (Å²) < 4.78 is 0. The van der Waals surface area contributed by atoms with Gasteiger partial charge < -0.3 is 10.6 Å². The molecule has 2 rings (SSSR count). The zero-order valence-corrected chi connectivity index (χ0v) is 7.13. The average Bonchev–Trinajstić information content (AvgIpc) is 2.62. The van der Waals surface area contributed by atoms with E-state index in [4.69, 9.17) is 5.73 Å². The summed E-state index contributed by atoms with van der Waals surface area (Å²) in [6.07, 6.45) is 5.54. The fraction of sp³-hybridized carbons (Fsp3) is 1.00. The molecule has 0 spiro atoms. The van der Waals surface area contributed by atoms with E-state index in [0.717, 1.165) is 12.5 Å². The summed E-state index contributed by atoms with van der Waals surface area (Å²) in [6, 6.07) is 0.461. The van der Waals surface area contributed by atoms with Gasteiger partial charge in [0.25, 0.3) is 0 Å². The van der Waals surface area contributed by atoms with E-state index < -0.39 is 0 Å². The molecule has 1 saturated carbocycles. The van der Waals surface area contributed by atoms with Gasteiger partial charge in [0.1, 0.15) is 0 Å². The Morgan fingerprint density at radius 3 is 2.55 bits per heavy atom. The van der Waals surface area contributed by atoms with E-state index in [0.29, 0.717) is 6.04 Å². The number of hydrogen-bond acceptors (Lipinski definition) is 2. The van der Waals surface area contributed by atoms with Gasteiger partial charge in [0.05, 0.1) is 0 Å². The fourth-order valence-electron chi connectivity index (χ4n) is 1.75. The highest BCUT2D eigenvalue weighted by Gasteiger charge is 2.25. The van der Waals surface area contributed by atoms with Crippen LogP contribution >= 0.6 is 0 Å². The molecule has 2 N–H and O–H groups in total. The first-order chi connectivity index (χ1) is 5.34. The lowest BCUT2D eigenvalue weighted by Gasteiger charge is -2.32. The molecule has 1 heterocycles. The van der Waals surface area contributed by atoms with Crippen LogP contribution < -0.4 is 5.73 Å². The summed E-state index contributed by atoms with van der Waals surface area (Å²) in [7, 11) is 0.